The van der Waals surface area contributed by atoms with Crippen LogP contribution in [0.2, 0.25) is 0 Å². The molecule has 7 heteroatoms. The Morgan fingerprint density at radius 3 is 2.53 bits per heavy atom. The highest BCUT2D eigenvalue weighted by atomic mass is 32.2. The van der Waals surface area contributed by atoms with Crippen molar-refractivity contribution >= 4 is 15.8 Å². The first-order chi connectivity index (χ1) is 8.95. The highest BCUT2D eigenvalue weighted by molar-refractivity contribution is 7.90. The molecule has 19 heavy (non-hydrogen) atoms. The van der Waals surface area contributed by atoms with E-state index in [1.165, 1.54) is 19.5 Å². The van der Waals surface area contributed by atoms with E-state index in [1.807, 2.05) is 0 Å². The maximum Gasteiger partial charge on any atom is 0.306 e. The molecule has 0 saturated heterocycles. The molecule has 0 amide bonds. The molecular formula is C12H16N2O4S. The van der Waals surface area contributed by atoms with Crippen molar-refractivity contribution in [1.82, 2.24) is 9.97 Å². The summed E-state index contributed by atoms with van der Waals surface area (Å²) < 4.78 is 28.8. The summed E-state index contributed by atoms with van der Waals surface area (Å²) in [7, 11) is -2.01. The number of aromatic nitrogens is 2. The van der Waals surface area contributed by atoms with Crippen molar-refractivity contribution in [1.29, 1.82) is 0 Å². The van der Waals surface area contributed by atoms with Gasteiger partial charge in [-0.1, -0.05) is 0 Å². The number of nitrogens with zero attached hydrogens (tertiary/aromatic N) is 2. The molecule has 2 rings (SSSR count). The number of methoxy groups -OCH3 is 1. The molecule has 0 N–H and O–H groups in total. The summed E-state index contributed by atoms with van der Waals surface area (Å²) in [6.07, 6.45) is 4.69. The Morgan fingerprint density at radius 1 is 1.37 bits per heavy atom. The Hall–Kier alpha value is -1.50. The van der Waals surface area contributed by atoms with Crippen molar-refractivity contribution in [2.75, 3.05) is 12.9 Å². The van der Waals surface area contributed by atoms with Crippen LogP contribution in [0.1, 0.15) is 25.1 Å². The van der Waals surface area contributed by atoms with E-state index < -0.39 is 15.3 Å². The predicted octanol–water partition coefficient (Wildman–Crippen LogP) is 0.735. The van der Waals surface area contributed by atoms with Gasteiger partial charge in [-0.05, 0) is 24.3 Å². The van der Waals surface area contributed by atoms with Gasteiger partial charge in [-0.25, -0.2) is 18.4 Å². The minimum absolute atomic E-state index is 0.00659. The fraction of sp³-hybridized carbons (Fsp3) is 0.583. The van der Waals surface area contributed by atoms with Gasteiger partial charge in [-0.15, -0.1) is 0 Å². The smallest absolute Gasteiger partial charge is 0.306 e. The average molecular weight is 284 g/mol. The van der Waals surface area contributed by atoms with Crippen LogP contribution >= 0.6 is 0 Å². The van der Waals surface area contributed by atoms with E-state index in [0.717, 1.165) is 12.8 Å². The molecule has 1 aromatic heterocycles. The summed E-state index contributed by atoms with van der Waals surface area (Å²) >= 11 is 0. The topological polar surface area (TPSA) is 86.2 Å². The van der Waals surface area contributed by atoms with E-state index in [0.29, 0.717) is 0 Å². The lowest BCUT2D eigenvalue weighted by Crippen LogP contribution is -2.22. The van der Waals surface area contributed by atoms with E-state index in [-0.39, 0.29) is 29.7 Å². The van der Waals surface area contributed by atoms with E-state index in [4.69, 9.17) is 0 Å². The zero-order valence-electron chi connectivity index (χ0n) is 10.7. The molecule has 1 heterocycles. The molecule has 1 aliphatic carbocycles. The Labute approximate surface area is 112 Å². The fourth-order valence-electron chi connectivity index (χ4n) is 2.05. The van der Waals surface area contributed by atoms with Crippen LogP contribution in [0.5, 0.6) is 0 Å². The molecule has 0 bridgehead atoms. The van der Waals surface area contributed by atoms with Crippen LogP contribution in [0.15, 0.2) is 18.5 Å². The lowest BCUT2D eigenvalue weighted by Gasteiger charge is -2.13. The minimum Gasteiger partial charge on any atom is -0.469 e. The number of hydrogen-bond acceptors (Lipinski definition) is 6. The van der Waals surface area contributed by atoms with Crippen molar-refractivity contribution in [3.05, 3.63) is 24.3 Å². The molecule has 0 aromatic carbocycles. The van der Waals surface area contributed by atoms with Gasteiger partial charge in [0.05, 0.1) is 19.3 Å². The second-order valence-electron chi connectivity index (χ2n) is 4.95. The largest absolute Gasteiger partial charge is 0.469 e. The second-order valence-corrected chi connectivity index (χ2v) is 7.01. The summed E-state index contributed by atoms with van der Waals surface area (Å²) in [6.45, 7) is 0. The number of esters is 1. The third kappa shape index (κ3) is 3.99. The summed E-state index contributed by atoms with van der Waals surface area (Å²) in [6, 6.07) is 1.63. The number of sulfone groups is 1. The zero-order chi connectivity index (χ0) is 13.9. The first-order valence-electron chi connectivity index (χ1n) is 5.98. The van der Waals surface area contributed by atoms with E-state index in [2.05, 4.69) is 14.7 Å². The minimum atomic E-state index is -3.32. The van der Waals surface area contributed by atoms with Crippen LogP contribution in [0.25, 0.3) is 0 Å². The summed E-state index contributed by atoms with van der Waals surface area (Å²) in [5.74, 6) is -0.260. The monoisotopic (exact) mass is 284 g/mol. The number of rotatable bonds is 6. The van der Waals surface area contributed by atoms with Gasteiger partial charge in [0.1, 0.15) is 11.6 Å². The lowest BCUT2D eigenvalue weighted by molar-refractivity contribution is -0.141. The third-order valence-corrected chi connectivity index (χ3v) is 4.95. The van der Waals surface area contributed by atoms with Crippen LogP contribution in [0.4, 0.5) is 0 Å². The molecule has 1 saturated carbocycles. The molecule has 6 nitrogen and oxygen atoms in total. The third-order valence-electron chi connectivity index (χ3n) is 3.20. The SMILES string of the molecule is COC(=O)CC1(CS(=O)(=O)Cc2ncccn2)CC1. The van der Waals surface area contributed by atoms with Crippen molar-refractivity contribution in [2.45, 2.75) is 25.0 Å². The van der Waals surface area contributed by atoms with Gasteiger partial charge in [0.2, 0.25) is 0 Å². The molecule has 0 spiro atoms. The van der Waals surface area contributed by atoms with Gasteiger partial charge < -0.3 is 4.74 Å². The van der Waals surface area contributed by atoms with Gasteiger partial charge in [0.25, 0.3) is 0 Å². The fourth-order valence-corrected chi connectivity index (χ4v) is 4.01. The molecule has 0 unspecified atom stereocenters. The average Bonchev–Trinajstić information content (AvgIpc) is 3.08. The van der Waals surface area contributed by atoms with Crippen LogP contribution in [-0.2, 0) is 25.1 Å². The molecule has 1 fully saturated rings. The summed E-state index contributed by atoms with van der Waals surface area (Å²) in [5, 5.41) is 0. The maximum absolute atomic E-state index is 12.1. The van der Waals surface area contributed by atoms with Gasteiger partial charge in [0, 0.05) is 12.4 Å². The van der Waals surface area contributed by atoms with Gasteiger partial charge in [0.15, 0.2) is 9.84 Å². The number of hydrogen-bond donors (Lipinski definition) is 0. The van der Waals surface area contributed by atoms with Crippen molar-refractivity contribution in [2.24, 2.45) is 5.41 Å². The van der Waals surface area contributed by atoms with E-state index >= 15 is 0 Å². The molecule has 104 valence electrons. The first kappa shape index (κ1) is 13.9. The Kier molecular flexibility index (Phi) is 3.84. The zero-order valence-corrected chi connectivity index (χ0v) is 11.5. The highest BCUT2D eigenvalue weighted by Crippen LogP contribution is 2.50. The molecular weight excluding hydrogens is 268 g/mol. The molecule has 0 radical (unpaired) electrons. The number of ether oxygens (including phenoxy) is 1. The predicted molar refractivity (Wildman–Crippen MR) is 67.8 cm³/mol. The van der Waals surface area contributed by atoms with Crippen LogP contribution in [-0.4, -0.2) is 37.2 Å². The number of carbonyl (C=O) groups excluding carboxylic acids is 1. The standard InChI is InChI=1S/C12H16N2O4S/c1-18-11(15)7-12(3-4-12)9-19(16,17)8-10-13-5-2-6-14-10/h2,5-6H,3-4,7-9H2,1H3. The Morgan fingerprint density at radius 2 is 2.00 bits per heavy atom. The van der Waals surface area contributed by atoms with Gasteiger partial charge >= 0.3 is 5.97 Å². The molecule has 1 aliphatic rings. The van der Waals surface area contributed by atoms with Gasteiger partial charge in [-0.3, -0.25) is 4.79 Å². The maximum atomic E-state index is 12.1. The molecule has 1 aromatic rings. The summed E-state index contributed by atoms with van der Waals surface area (Å²) in [5.41, 5.74) is -0.430. The van der Waals surface area contributed by atoms with E-state index in [1.54, 1.807) is 6.07 Å². The lowest BCUT2D eigenvalue weighted by atomic mass is 10.1. The van der Waals surface area contributed by atoms with Crippen molar-refractivity contribution < 1.29 is 17.9 Å². The van der Waals surface area contributed by atoms with Crippen molar-refractivity contribution in [3.63, 3.8) is 0 Å². The normalized spacial score (nSPS) is 16.9. The molecule has 0 atom stereocenters. The molecule has 0 aliphatic heterocycles. The number of carbonyl (C=O) groups is 1. The van der Waals surface area contributed by atoms with E-state index in [9.17, 15) is 13.2 Å². The first-order valence-corrected chi connectivity index (χ1v) is 7.80. The van der Waals surface area contributed by atoms with Crippen LogP contribution in [0.3, 0.4) is 0 Å². The van der Waals surface area contributed by atoms with Crippen molar-refractivity contribution in [3.8, 4) is 0 Å². The van der Waals surface area contributed by atoms with Crippen LogP contribution < -0.4 is 0 Å². The Balaban J connectivity index is 2.00. The van der Waals surface area contributed by atoms with Crippen LogP contribution in [0, 0.1) is 5.41 Å². The Bertz CT molecular complexity index is 552. The highest BCUT2D eigenvalue weighted by Gasteiger charge is 2.47. The van der Waals surface area contributed by atoms with Gasteiger partial charge in [-0.2, -0.15) is 0 Å². The second kappa shape index (κ2) is 5.24. The quantitative estimate of drug-likeness (QED) is 0.716. The summed E-state index contributed by atoms with van der Waals surface area (Å²) in [4.78, 5) is 19.1.